The SMILES string of the molecule is O=C(O)C1SS1. The number of carboxylic acids is 1. The van der Waals surface area contributed by atoms with Gasteiger partial charge in [0.1, 0.15) is 0 Å². The van der Waals surface area contributed by atoms with Gasteiger partial charge in [0.05, 0.1) is 0 Å². The van der Waals surface area contributed by atoms with E-state index in [1.54, 1.807) is 0 Å². The summed E-state index contributed by atoms with van der Waals surface area (Å²) < 4.78 is -0.148. The molecule has 0 amide bonds. The monoisotopic (exact) mass is 122 g/mol. The summed E-state index contributed by atoms with van der Waals surface area (Å²) in [6.07, 6.45) is 0. The van der Waals surface area contributed by atoms with Crippen LogP contribution in [0.2, 0.25) is 0 Å². The van der Waals surface area contributed by atoms with Gasteiger partial charge in [-0.3, -0.25) is 4.79 Å². The van der Waals surface area contributed by atoms with Crippen molar-refractivity contribution in [3.63, 3.8) is 0 Å². The highest BCUT2D eigenvalue weighted by atomic mass is 33.2. The third kappa shape index (κ3) is 0.815. The van der Waals surface area contributed by atoms with Crippen molar-refractivity contribution in [1.82, 2.24) is 0 Å². The molecule has 0 saturated carbocycles. The van der Waals surface area contributed by atoms with Crippen LogP contribution in [-0.2, 0) is 4.79 Å². The molecule has 1 rings (SSSR count). The lowest BCUT2D eigenvalue weighted by Gasteiger charge is -1.71. The van der Waals surface area contributed by atoms with Crippen LogP contribution in [0.15, 0.2) is 0 Å². The van der Waals surface area contributed by atoms with E-state index in [9.17, 15) is 4.79 Å². The lowest BCUT2D eigenvalue weighted by Crippen LogP contribution is -1.97. The van der Waals surface area contributed by atoms with E-state index in [1.807, 2.05) is 0 Å². The zero-order valence-corrected chi connectivity index (χ0v) is 4.38. The van der Waals surface area contributed by atoms with Crippen molar-refractivity contribution < 1.29 is 9.90 Å². The van der Waals surface area contributed by atoms with Gasteiger partial charge in [-0.2, -0.15) is 0 Å². The highest BCUT2D eigenvalue weighted by Gasteiger charge is 2.32. The fraction of sp³-hybridized carbons (Fsp3) is 0.500. The van der Waals surface area contributed by atoms with E-state index in [0.29, 0.717) is 0 Å². The van der Waals surface area contributed by atoms with Crippen molar-refractivity contribution in [2.45, 2.75) is 4.58 Å². The zero-order chi connectivity index (χ0) is 4.57. The van der Waals surface area contributed by atoms with E-state index >= 15 is 0 Å². The van der Waals surface area contributed by atoms with E-state index in [-0.39, 0.29) is 4.58 Å². The Morgan fingerprint density at radius 1 is 1.67 bits per heavy atom. The third-order valence-electron chi connectivity index (χ3n) is 0.394. The summed E-state index contributed by atoms with van der Waals surface area (Å²) in [5.74, 6) is -0.704. The van der Waals surface area contributed by atoms with Crippen LogP contribution in [0.25, 0.3) is 0 Å². The Morgan fingerprint density at radius 2 is 2.17 bits per heavy atom. The number of aliphatic carboxylic acids is 1. The van der Waals surface area contributed by atoms with E-state index in [4.69, 9.17) is 5.11 Å². The highest BCUT2D eigenvalue weighted by Crippen LogP contribution is 2.52. The Labute approximate surface area is 42.7 Å². The van der Waals surface area contributed by atoms with Gasteiger partial charge in [-0.15, -0.1) is 0 Å². The first kappa shape index (κ1) is 4.33. The molecule has 34 valence electrons. The first-order chi connectivity index (χ1) is 2.80. The fourth-order valence-electron chi connectivity index (χ4n) is 0.110. The van der Waals surface area contributed by atoms with E-state index in [2.05, 4.69) is 0 Å². The van der Waals surface area contributed by atoms with Crippen LogP contribution in [0, 0.1) is 0 Å². The molecule has 6 heavy (non-hydrogen) atoms. The maximum atomic E-state index is 9.72. The number of carbonyl (C=O) groups is 1. The molecule has 1 aliphatic rings. The molecule has 0 radical (unpaired) electrons. The molecule has 1 aliphatic heterocycles. The van der Waals surface area contributed by atoms with E-state index < -0.39 is 5.97 Å². The predicted octanol–water partition coefficient (Wildman–Crippen LogP) is 0.792. The second-order valence-corrected chi connectivity index (χ2v) is 3.64. The van der Waals surface area contributed by atoms with Crippen LogP contribution in [0.1, 0.15) is 0 Å². The van der Waals surface area contributed by atoms with Crippen molar-refractivity contribution in [3.8, 4) is 0 Å². The summed E-state index contributed by atoms with van der Waals surface area (Å²) in [7, 11) is 2.79. The van der Waals surface area contributed by atoms with Gasteiger partial charge in [-0.25, -0.2) is 0 Å². The van der Waals surface area contributed by atoms with E-state index in [1.165, 1.54) is 21.6 Å². The summed E-state index contributed by atoms with van der Waals surface area (Å²) in [4.78, 5) is 9.72. The van der Waals surface area contributed by atoms with Crippen molar-refractivity contribution in [2.24, 2.45) is 0 Å². The van der Waals surface area contributed by atoms with Crippen molar-refractivity contribution in [3.05, 3.63) is 0 Å². The van der Waals surface area contributed by atoms with Gasteiger partial charge >= 0.3 is 5.97 Å². The molecule has 0 aromatic rings. The summed E-state index contributed by atoms with van der Waals surface area (Å²) >= 11 is 0. The van der Waals surface area contributed by atoms with Crippen molar-refractivity contribution >= 4 is 27.6 Å². The van der Waals surface area contributed by atoms with Gasteiger partial charge < -0.3 is 5.11 Å². The molecule has 0 bridgehead atoms. The normalized spacial score (nSPS) is 20.7. The molecule has 1 heterocycles. The van der Waals surface area contributed by atoms with Crippen LogP contribution < -0.4 is 0 Å². The van der Waals surface area contributed by atoms with Gasteiger partial charge in [0.15, 0.2) is 4.58 Å². The second kappa shape index (κ2) is 1.35. The molecule has 0 aliphatic carbocycles. The lowest BCUT2D eigenvalue weighted by molar-refractivity contribution is -0.134. The first-order valence-electron chi connectivity index (χ1n) is 1.35. The molecule has 4 heteroatoms. The number of rotatable bonds is 1. The summed E-state index contributed by atoms with van der Waals surface area (Å²) in [5.41, 5.74) is 0. The van der Waals surface area contributed by atoms with Gasteiger partial charge in [0.2, 0.25) is 0 Å². The minimum Gasteiger partial charge on any atom is -0.480 e. The molecule has 1 N–H and O–H groups in total. The Bertz CT molecular complexity index is 77.6. The summed E-state index contributed by atoms with van der Waals surface area (Å²) in [6, 6.07) is 0. The molecule has 0 spiro atoms. The Kier molecular flexibility index (Phi) is 0.972. The zero-order valence-electron chi connectivity index (χ0n) is 2.75. The van der Waals surface area contributed by atoms with Crippen LogP contribution in [0.4, 0.5) is 0 Å². The van der Waals surface area contributed by atoms with Crippen LogP contribution in [0.3, 0.4) is 0 Å². The topological polar surface area (TPSA) is 37.3 Å². The largest absolute Gasteiger partial charge is 0.480 e. The van der Waals surface area contributed by atoms with Gasteiger partial charge in [-0.1, -0.05) is 21.6 Å². The Morgan fingerprint density at radius 3 is 2.17 bits per heavy atom. The van der Waals surface area contributed by atoms with Crippen LogP contribution in [0.5, 0.6) is 0 Å². The lowest BCUT2D eigenvalue weighted by atomic mass is 10.8. The third-order valence-corrected chi connectivity index (χ3v) is 2.34. The fourth-order valence-corrected chi connectivity index (χ4v) is 0.991. The average molecular weight is 122 g/mol. The maximum Gasteiger partial charge on any atom is 0.328 e. The van der Waals surface area contributed by atoms with Crippen molar-refractivity contribution in [2.75, 3.05) is 0 Å². The van der Waals surface area contributed by atoms with Gasteiger partial charge in [0, 0.05) is 0 Å². The standard InChI is InChI=1S/C2H2O2S2/c3-1(4)2-5-6-2/h2H,(H,3,4). The highest BCUT2D eigenvalue weighted by molar-refractivity contribution is 8.93. The molecule has 0 atom stereocenters. The molecule has 2 nitrogen and oxygen atoms in total. The number of hydrogen-bond donors (Lipinski definition) is 1. The Hall–Kier alpha value is 0.170. The molecule has 0 aromatic heterocycles. The summed E-state index contributed by atoms with van der Waals surface area (Å²) in [6.45, 7) is 0. The number of hydrogen-bond acceptors (Lipinski definition) is 3. The van der Waals surface area contributed by atoms with Crippen molar-refractivity contribution in [1.29, 1.82) is 0 Å². The molecular formula is C2H2O2S2. The van der Waals surface area contributed by atoms with E-state index in [0.717, 1.165) is 0 Å². The molecule has 1 fully saturated rings. The Balaban J connectivity index is 2.31. The quantitative estimate of drug-likeness (QED) is 0.412. The average Bonchev–Trinajstić information content (AvgIpc) is 2.06. The molecular weight excluding hydrogens is 120 g/mol. The summed E-state index contributed by atoms with van der Waals surface area (Å²) in [5, 5.41) is 8.01. The van der Waals surface area contributed by atoms with Crippen LogP contribution >= 0.6 is 21.6 Å². The predicted molar refractivity (Wildman–Crippen MR) is 26.6 cm³/mol. The van der Waals surface area contributed by atoms with Crippen LogP contribution in [-0.4, -0.2) is 15.7 Å². The smallest absolute Gasteiger partial charge is 0.328 e. The number of carboxylic acid groups (broad SMARTS) is 1. The second-order valence-electron chi connectivity index (χ2n) is 0.863. The minimum atomic E-state index is -0.704. The maximum absolute atomic E-state index is 9.72. The molecule has 1 saturated heterocycles. The van der Waals surface area contributed by atoms with Gasteiger partial charge in [0.25, 0.3) is 0 Å². The van der Waals surface area contributed by atoms with Gasteiger partial charge in [-0.05, 0) is 0 Å². The molecule has 0 aromatic carbocycles. The minimum absolute atomic E-state index is 0.148. The molecule has 0 unspecified atom stereocenters. The first-order valence-corrected chi connectivity index (χ1v) is 3.63.